The van der Waals surface area contributed by atoms with Gasteiger partial charge in [-0.1, -0.05) is 25.6 Å². The number of piperazine rings is 1. The smallest absolute Gasteiger partial charge is 0.399 e. The van der Waals surface area contributed by atoms with Crippen LogP contribution in [0.2, 0.25) is 19.6 Å². The van der Waals surface area contributed by atoms with Gasteiger partial charge in [0.1, 0.15) is 8.07 Å². The zero-order chi connectivity index (χ0) is 20.6. The van der Waals surface area contributed by atoms with Gasteiger partial charge < -0.3 is 14.2 Å². The first-order valence-electron chi connectivity index (χ1n) is 10.1. The predicted octanol–water partition coefficient (Wildman–Crippen LogP) is 1.78. The van der Waals surface area contributed by atoms with E-state index in [4.69, 9.17) is 9.31 Å². The van der Waals surface area contributed by atoms with Crippen molar-refractivity contribution in [1.82, 2.24) is 14.9 Å². The van der Waals surface area contributed by atoms with Crippen molar-refractivity contribution in [2.45, 2.75) is 58.5 Å². The minimum atomic E-state index is -1.28. The molecule has 152 valence electrons. The molecule has 0 radical (unpaired) electrons. The lowest BCUT2D eigenvalue weighted by molar-refractivity contribution is 0.00578. The van der Waals surface area contributed by atoms with Gasteiger partial charge in [0.15, 0.2) is 0 Å². The molecule has 3 rings (SSSR count). The maximum atomic E-state index is 6.08. The standard InChI is InChI=1S/C20H33BN4O2Si/c1-19(2)20(3,4)27-21(26-19)17-15-22-18(23-16-17)25-12-10-24(11-13-25)9-8-14-28(5,6)7/h15-16H,9-13H2,1-7H3. The number of aromatic nitrogens is 2. The molecular weight excluding hydrogens is 367 g/mol. The van der Waals surface area contributed by atoms with Gasteiger partial charge in [-0.15, -0.1) is 5.54 Å². The topological polar surface area (TPSA) is 50.7 Å². The molecule has 0 spiro atoms. The molecule has 2 saturated heterocycles. The maximum absolute atomic E-state index is 6.08. The second kappa shape index (κ2) is 7.79. The first-order valence-corrected chi connectivity index (χ1v) is 13.6. The molecule has 0 aliphatic carbocycles. The fraction of sp³-hybridized carbons (Fsp3) is 0.700. The summed E-state index contributed by atoms with van der Waals surface area (Å²) in [4.78, 5) is 13.8. The van der Waals surface area contributed by atoms with Gasteiger partial charge in [0.05, 0.1) is 17.7 Å². The number of hydrogen-bond acceptors (Lipinski definition) is 6. The van der Waals surface area contributed by atoms with Gasteiger partial charge in [-0.3, -0.25) is 4.90 Å². The van der Waals surface area contributed by atoms with Crippen molar-refractivity contribution in [2.75, 3.05) is 37.6 Å². The van der Waals surface area contributed by atoms with Crippen LogP contribution < -0.4 is 10.4 Å². The lowest BCUT2D eigenvalue weighted by Crippen LogP contribution is -2.47. The van der Waals surface area contributed by atoms with Crippen molar-refractivity contribution >= 4 is 26.6 Å². The van der Waals surface area contributed by atoms with Gasteiger partial charge >= 0.3 is 7.12 Å². The van der Waals surface area contributed by atoms with E-state index in [1.54, 1.807) is 0 Å². The Morgan fingerprint density at radius 1 is 1.00 bits per heavy atom. The van der Waals surface area contributed by atoms with Crippen LogP contribution in [0.15, 0.2) is 12.4 Å². The van der Waals surface area contributed by atoms with Gasteiger partial charge in [-0.2, -0.15) is 0 Å². The van der Waals surface area contributed by atoms with Gasteiger partial charge in [-0.25, -0.2) is 9.97 Å². The van der Waals surface area contributed by atoms with Crippen LogP contribution in [0.5, 0.6) is 0 Å². The minimum Gasteiger partial charge on any atom is -0.399 e. The Balaban J connectivity index is 1.55. The second-order valence-corrected chi connectivity index (χ2v) is 14.5. The highest BCUT2D eigenvalue weighted by Gasteiger charge is 2.52. The van der Waals surface area contributed by atoms with Crippen LogP contribution in [0.4, 0.5) is 5.95 Å². The number of hydrogen-bond donors (Lipinski definition) is 0. The van der Waals surface area contributed by atoms with Crippen LogP contribution >= 0.6 is 0 Å². The third-order valence-corrected chi connectivity index (χ3v) is 6.53. The van der Waals surface area contributed by atoms with E-state index >= 15 is 0 Å². The average molecular weight is 400 g/mol. The SMILES string of the molecule is CC1(C)OB(c2cnc(N3CCN(CC#C[Si](C)(C)C)CC3)nc2)OC1(C)C. The molecule has 1 aromatic heterocycles. The summed E-state index contributed by atoms with van der Waals surface area (Å²) in [6, 6.07) is 0. The quantitative estimate of drug-likeness (QED) is 0.570. The molecule has 0 unspecified atom stereocenters. The monoisotopic (exact) mass is 400 g/mol. The third kappa shape index (κ3) is 4.95. The normalized spacial score (nSPS) is 22.1. The van der Waals surface area contributed by atoms with Crippen LogP contribution in [0.25, 0.3) is 0 Å². The summed E-state index contributed by atoms with van der Waals surface area (Å²) in [5, 5.41) is 0. The molecule has 2 aliphatic rings. The van der Waals surface area contributed by atoms with E-state index in [1.807, 2.05) is 12.4 Å². The highest BCUT2D eigenvalue weighted by Crippen LogP contribution is 2.36. The van der Waals surface area contributed by atoms with Gasteiger partial charge in [0.2, 0.25) is 5.95 Å². The van der Waals surface area contributed by atoms with Gasteiger partial charge in [0, 0.05) is 44.0 Å². The van der Waals surface area contributed by atoms with Gasteiger partial charge in [0.25, 0.3) is 0 Å². The highest BCUT2D eigenvalue weighted by molar-refractivity contribution is 6.83. The molecule has 0 aromatic carbocycles. The Kier molecular flexibility index (Phi) is 5.93. The third-order valence-electron chi connectivity index (χ3n) is 5.60. The Bertz CT molecular complexity index is 728. The van der Waals surface area contributed by atoms with E-state index < -0.39 is 15.2 Å². The molecule has 2 fully saturated rings. The summed E-state index contributed by atoms with van der Waals surface area (Å²) < 4.78 is 12.2. The molecule has 3 heterocycles. The predicted molar refractivity (Wildman–Crippen MR) is 118 cm³/mol. The lowest BCUT2D eigenvalue weighted by Gasteiger charge is -2.33. The molecule has 8 heteroatoms. The summed E-state index contributed by atoms with van der Waals surface area (Å²) in [5.41, 5.74) is 3.59. The molecule has 28 heavy (non-hydrogen) atoms. The molecule has 1 aromatic rings. The summed E-state index contributed by atoms with van der Waals surface area (Å²) in [7, 11) is -1.70. The van der Waals surface area contributed by atoms with E-state index in [-0.39, 0.29) is 11.2 Å². The molecule has 0 N–H and O–H groups in total. The molecule has 6 nitrogen and oxygen atoms in total. The van der Waals surface area contributed by atoms with Crippen molar-refractivity contribution in [3.05, 3.63) is 12.4 Å². The fourth-order valence-electron chi connectivity index (χ4n) is 3.12. The van der Waals surface area contributed by atoms with Crippen molar-refractivity contribution in [3.63, 3.8) is 0 Å². The van der Waals surface area contributed by atoms with Crippen molar-refractivity contribution in [1.29, 1.82) is 0 Å². The second-order valence-electron chi connectivity index (χ2n) is 9.72. The van der Waals surface area contributed by atoms with Crippen LogP contribution in [-0.4, -0.2) is 74.0 Å². The lowest BCUT2D eigenvalue weighted by atomic mass is 9.81. The fourth-order valence-corrected chi connectivity index (χ4v) is 3.73. The van der Waals surface area contributed by atoms with Gasteiger partial charge in [-0.05, 0) is 27.7 Å². The average Bonchev–Trinajstić information content (AvgIpc) is 2.82. The highest BCUT2D eigenvalue weighted by atomic mass is 28.3. The summed E-state index contributed by atoms with van der Waals surface area (Å²) in [6.45, 7) is 19.7. The maximum Gasteiger partial charge on any atom is 0.498 e. The minimum absolute atomic E-state index is 0.356. The first-order chi connectivity index (χ1) is 13.0. The van der Waals surface area contributed by atoms with E-state index in [2.05, 4.69) is 78.6 Å². The molecule has 0 bridgehead atoms. The zero-order valence-electron chi connectivity index (χ0n) is 18.4. The Labute approximate surface area is 171 Å². The van der Waals surface area contributed by atoms with Crippen molar-refractivity contribution in [2.24, 2.45) is 0 Å². The Morgan fingerprint density at radius 2 is 1.54 bits per heavy atom. The number of anilines is 1. The largest absolute Gasteiger partial charge is 0.498 e. The van der Waals surface area contributed by atoms with E-state index in [0.29, 0.717) is 0 Å². The molecule has 2 aliphatic heterocycles. The molecular formula is C20H33BN4O2Si. The number of rotatable bonds is 3. The summed E-state index contributed by atoms with van der Waals surface area (Å²) in [5.74, 6) is 4.13. The van der Waals surface area contributed by atoms with Crippen molar-refractivity contribution in [3.8, 4) is 11.5 Å². The zero-order valence-corrected chi connectivity index (χ0v) is 19.4. The Hall–Kier alpha value is -1.40. The van der Waals surface area contributed by atoms with Crippen LogP contribution in [0, 0.1) is 11.5 Å². The van der Waals surface area contributed by atoms with E-state index in [9.17, 15) is 0 Å². The number of nitrogens with zero attached hydrogens (tertiary/aromatic N) is 4. The van der Waals surface area contributed by atoms with Crippen LogP contribution in [0.1, 0.15) is 27.7 Å². The van der Waals surface area contributed by atoms with Crippen LogP contribution in [0.3, 0.4) is 0 Å². The molecule has 0 atom stereocenters. The Morgan fingerprint density at radius 3 is 2.04 bits per heavy atom. The van der Waals surface area contributed by atoms with Crippen LogP contribution in [-0.2, 0) is 9.31 Å². The first kappa shape index (κ1) is 21.3. The summed E-state index contributed by atoms with van der Waals surface area (Å²) >= 11 is 0. The molecule has 0 saturated carbocycles. The molecule has 0 amide bonds. The van der Waals surface area contributed by atoms with E-state index in [1.165, 1.54) is 0 Å². The van der Waals surface area contributed by atoms with E-state index in [0.717, 1.165) is 44.1 Å². The summed E-state index contributed by atoms with van der Waals surface area (Å²) in [6.07, 6.45) is 3.66. The van der Waals surface area contributed by atoms with Crippen molar-refractivity contribution < 1.29 is 9.31 Å².